The minimum atomic E-state index is -0.893. The molecule has 0 aliphatic carbocycles. The Hall–Kier alpha value is -5.19. The van der Waals surface area contributed by atoms with Crippen molar-refractivity contribution in [3.8, 4) is 22.6 Å². The maximum absolute atomic E-state index is 12.8. The average Bonchev–Trinajstić information content (AvgIpc) is 3.27. The molecule has 0 heterocycles. The summed E-state index contributed by atoms with van der Waals surface area (Å²) in [5, 5.41) is 0. The van der Waals surface area contributed by atoms with E-state index in [1.807, 2.05) is 38.1 Å². The summed E-state index contributed by atoms with van der Waals surface area (Å²) < 4.78 is 32.3. The first-order valence-electron chi connectivity index (χ1n) is 21.7. The van der Waals surface area contributed by atoms with Crippen LogP contribution in [0.5, 0.6) is 11.5 Å². The van der Waals surface area contributed by atoms with E-state index >= 15 is 0 Å². The summed E-state index contributed by atoms with van der Waals surface area (Å²) in [4.78, 5) is 61.0. The Kier molecular flexibility index (Phi) is 22.6. The van der Waals surface area contributed by atoms with Crippen LogP contribution in [0.4, 0.5) is 0 Å². The van der Waals surface area contributed by atoms with Gasteiger partial charge in [0.1, 0.15) is 18.1 Å². The second kappa shape index (κ2) is 27.5. The van der Waals surface area contributed by atoms with Crippen molar-refractivity contribution in [2.24, 2.45) is 11.3 Å². The predicted octanol–water partition coefficient (Wildman–Crippen LogP) is 10.9. The number of benzene rings is 3. The van der Waals surface area contributed by atoms with Gasteiger partial charge in [-0.2, -0.15) is 0 Å². The zero-order valence-corrected chi connectivity index (χ0v) is 36.4. The van der Waals surface area contributed by atoms with Crippen LogP contribution in [0, 0.1) is 11.3 Å². The third kappa shape index (κ3) is 18.4. The van der Waals surface area contributed by atoms with Crippen molar-refractivity contribution < 1.29 is 52.4 Å². The van der Waals surface area contributed by atoms with Gasteiger partial charge >= 0.3 is 29.8 Å². The van der Waals surface area contributed by atoms with E-state index in [0.29, 0.717) is 61.2 Å². The third-order valence-electron chi connectivity index (χ3n) is 10.7. The zero-order chi connectivity index (χ0) is 43.6. The molecular weight excluding hydrogens is 765 g/mol. The lowest BCUT2D eigenvalue weighted by molar-refractivity contribution is -0.163. The Morgan fingerprint density at radius 2 is 1.07 bits per heavy atom. The van der Waals surface area contributed by atoms with Gasteiger partial charge in [-0.25, -0.2) is 9.59 Å². The maximum atomic E-state index is 12.8. The fourth-order valence-electron chi connectivity index (χ4n) is 6.03. The van der Waals surface area contributed by atoms with Crippen LogP contribution < -0.4 is 9.47 Å². The van der Waals surface area contributed by atoms with Gasteiger partial charge in [-0.3, -0.25) is 14.4 Å². The Labute approximate surface area is 356 Å². The Morgan fingerprint density at radius 3 is 1.63 bits per heavy atom. The predicted molar refractivity (Wildman–Crippen MR) is 231 cm³/mol. The van der Waals surface area contributed by atoms with E-state index < -0.39 is 17.4 Å². The first-order chi connectivity index (χ1) is 29.0. The summed E-state index contributed by atoms with van der Waals surface area (Å²) in [6.45, 7) is 9.07. The van der Waals surface area contributed by atoms with Gasteiger partial charge in [0.15, 0.2) is 0 Å². The number of unbranched alkanes of at least 4 members (excludes halogenated alkanes) is 9. The van der Waals surface area contributed by atoms with Crippen molar-refractivity contribution in [1.82, 2.24) is 0 Å². The summed E-state index contributed by atoms with van der Waals surface area (Å²) in [6, 6.07) is 21.5. The Bertz CT molecular complexity index is 1730. The van der Waals surface area contributed by atoms with Gasteiger partial charge in [0, 0.05) is 12.8 Å². The number of esters is 5. The molecule has 2 atom stereocenters. The molecule has 0 saturated carbocycles. The van der Waals surface area contributed by atoms with E-state index in [9.17, 15) is 24.0 Å². The second-order valence-electron chi connectivity index (χ2n) is 15.7. The molecule has 3 aromatic rings. The molecule has 0 aliphatic heterocycles. The monoisotopic (exact) mass is 830 g/mol. The van der Waals surface area contributed by atoms with Crippen LogP contribution in [-0.2, 0) is 33.3 Å². The van der Waals surface area contributed by atoms with E-state index in [4.69, 9.17) is 23.7 Å². The number of hydrogen-bond donors (Lipinski definition) is 0. The van der Waals surface area contributed by atoms with E-state index in [1.165, 1.54) is 26.4 Å². The first-order valence-corrected chi connectivity index (χ1v) is 21.7. The normalized spacial score (nSPS) is 12.4. The number of carbonyl (C=O) groups is 5. The van der Waals surface area contributed by atoms with Crippen molar-refractivity contribution in [3.05, 3.63) is 83.9 Å². The van der Waals surface area contributed by atoms with E-state index in [1.54, 1.807) is 55.5 Å². The van der Waals surface area contributed by atoms with Crippen molar-refractivity contribution in [2.45, 2.75) is 124 Å². The molecule has 0 spiro atoms. The fourth-order valence-corrected chi connectivity index (χ4v) is 6.03. The second-order valence-corrected chi connectivity index (χ2v) is 15.7. The molecule has 0 aliphatic rings. The van der Waals surface area contributed by atoms with E-state index in [2.05, 4.69) is 11.7 Å². The van der Waals surface area contributed by atoms with Crippen molar-refractivity contribution in [3.63, 3.8) is 0 Å². The molecule has 11 heteroatoms. The lowest BCUT2D eigenvalue weighted by Crippen LogP contribution is -2.35. The highest BCUT2D eigenvalue weighted by Crippen LogP contribution is 2.26. The van der Waals surface area contributed by atoms with Gasteiger partial charge < -0.3 is 28.4 Å². The molecule has 11 nitrogen and oxygen atoms in total. The molecule has 0 fully saturated rings. The van der Waals surface area contributed by atoms with Crippen LogP contribution >= 0.6 is 0 Å². The van der Waals surface area contributed by atoms with Crippen LogP contribution in [0.3, 0.4) is 0 Å². The molecule has 3 rings (SSSR count). The van der Waals surface area contributed by atoms with Gasteiger partial charge in [0.2, 0.25) is 0 Å². The van der Waals surface area contributed by atoms with Crippen LogP contribution in [-0.4, -0.2) is 63.4 Å². The standard InChI is InChI=1S/C49H66O11/c1-6-37(3)35-58-46(52)40-23-21-38(22-24-40)39-25-31-43(32-26-39)60-47(53)41-27-29-42(30-28-41)56-33-16-14-12-10-8-9-11-13-15-17-34-57-48(54)49(4,7-2)36-59-45(51)20-18-19-44(50)55-5/h21-32,37H,6-20,33-36H2,1-5H3. The van der Waals surface area contributed by atoms with Crippen LogP contribution in [0.2, 0.25) is 0 Å². The lowest BCUT2D eigenvalue weighted by atomic mass is 9.89. The molecule has 0 bridgehead atoms. The molecule has 0 radical (unpaired) electrons. The van der Waals surface area contributed by atoms with Gasteiger partial charge in [-0.05, 0) is 98.2 Å². The molecule has 0 aromatic heterocycles. The largest absolute Gasteiger partial charge is 0.494 e. The van der Waals surface area contributed by atoms with Crippen LogP contribution in [0.1, 0.15) is 145 Å². The minimum absolute atomic E-state index is 0.0422. The van der Waals surface area contributed by atoms with Gasteiger partial charge in [0.25, 0.3) is 0 Å². The first kappa shape index (κ1) is 49.2. The van der Waals surface area contributed by atoms with Gasteiger partial charge in [-0.1, -0.05) is 103 Å². The molecule has 0 amide bonds. The highest BCUT2D eigenvalue weighted by Gasteiger charge is 2.34. The average molecular weight is 831 g/mol. The van der Waals surface area contributed by atoms with Crippen LogP contribution in [0.15, 0.2) is 72.8 Å². The topological polar surface area (TPSA) is 141 Å². The third-order valence-corrected chi connectivity index (χ3v) is 10.7. The number of ether oxygens (including phenoxy) is 6. The van der Waals surface area contributed by atoms with E-state index in [0.717, 1.165) is 62.5 Å². The molecule has 328 valence electrons. The molecule has 2 unspecified atom stereocenters. The highest BCUT2D eigenvalue weighted by atomic mass is 16.6. The Morgan fingerprint density at radius 1 is 0.567 bits per heavy atom. The zero-order valence-electron chi connectivity index (χ0n) is 36.4. The highest BCUT2D eigenvalue weighted by molar-refractivity contribution is 5.91. The lowest BCUT2D eigenvalue weighted by Gasteiger charge is -2.25. The van der Waals surface area contributed by atoms with Gasteiger partial charge in [-0.15, -0.1) is 0 Å². The van der Waals surface area contributed by atoms with Crippen molar-refractivity contribution >= 4 is 29.8 Å². The molecule has 0 saturated heterocycles. The van der Waals surface area contributed by atoms with Crippen LogP contribution in [0.25, 0.3) is 11.1 Å². The molecular formula is C49H66O11. The summed E-state index contributed by atoms with van der Waals surface area (Å²) in [5.41, 5.74) is 1.92. The number of hydrogen-bond acceptors (Lipinski definition) is 11. The summed E-state index contributed by atoms with van der Waals surface area (Å²) >= 11 is 0. The summed E-state index contributed by atoms with van der Waals surface area (Å²) in [7, 11) is 1.31. The molecule has 60 heavy (non-hydrogen) atoms. The molecule has 0 N–H and O–H groups in total. The number of rotatable bonds is 29. The fraction of sp³-hybridized carbons (Fsp3) is 0.531. The maximum Gasteiger partial charge on any atom is 0.343 e. The van der Waals surface area contributed by atoms with Gasteiger partial charge in [0.05, 0.1) is 43.5 Å². The quantitative estimate of drug-likeness (QED) is 0.0286. The number of carbonyl (C=O) groups excluding carboxylic acids is 5. The summed E-state index contributed by atoms with van der Waals surface area (Å²) in [5.74, 6) is -0.462. The minimum Gasteiger partial charge on any atom is -0.494 e. The van der Waals surface area contributed by atoms with Crippen molar-refractivity contribution in [2.75, 3.05) is 33.5 Å². The molecule has 3 aromatic carbocycles. The Balaban J connectivity index is 1.19. The number of methoxy groups -OCH3 is 1. The summed E-state index contributed by atoms with van der Waals surface area (Å²) in [6.07, 6.45) is 12.9. The van der Waals surface area contributed by atoms with E-state index in [-0.39, 0.29) is 37.4 Å². The van der Waals surface area contributed by atoms with Crippen molar-refractivity contribution in [1.29, 1.82) is 0 Å². The smallest absolute Gasteiger partial charge is 0.343 e. The SMILES string of the molecule is CCC(C)COC(=O)c1ccc(-c2ccc(OC(=O)c3ccc(OCCCCCCCCCCCCOC(=O)C(C)(CC)COC(=O)CCCC(=O)OC)cc3)cc2)cc1.